The molecule has 0 unspecified atom stereocenters. The summed E-state index contributed by atoms with van der Waals surface area (Å²) in [5, 5.41) is 4.08. The van der Waals surface area contributed by atoms with E-state index in [2.05, 4.69) is 31.1 Å². The molecule has 0 aliphatic heterocycles. The lowest BCUT2D eigenvalue weighted by Gasteiger charge is -2.19. The molecule has 0 aliphatic carbocycles. The van der Waals surface area contributed by atoms with Crippen molar-refractivity contribution in [3.05, 3.63) is 41.4 Å². The van der Waals surface area contributed by atoms with E-state index in [1.807, 2.05) is 24.3 Å². The highest BCUT2D eigenvalue weighted by Crippen LogP contribution is 2.27. The number of hydrogen-bond donors (Lipinski definition) is 1. The van der Waals surface area contributed by atoms with Gasteiger partial charge in [-0.05, 0) is 32.9 Å². The van der Waals surface area contributed by atoms with Crippen LogP contribution in [0.15, 0.2) is 34.9 Å². The molecule has 0 amide bonds. The van der Waals surface area contributed by atoms with Gasteiger partial charge in [-0.3, -0.25) is 0 Å². The van der Waals surface area contributed by atoms with E-state index in [0.717, 1.165) is 30.2 Å². The van der Waals surface area contributed by atoms with E-state index in [1.54, 1.807) is 6.20 Å². The molecule has 0 atom stereocenters. The SMILES string of the molecule is CC(C)(C)NCCc1ncc(-c2ccccc2Cl)o1. The number of nitrogens with one attached hydrogen (secondary N) is 1. The molecule has 0 bridgehead atoms. The first-order chi connectivity index (χ1) is 8.96. The second-order valence-corrected chi connectivity index (χ2v) is 5.93. The number of nitrogens with zero attached hydrogens (tertiary/aromatic N) is 1. The summed E-state index contributed by atoms with van der Waals surface area (Å²) >= 11 is 6.13. The predicted molar refractivity (Wildman–Crippen MR) is 78.4 cm³/mol. The Labute approximate surface area is 119 Å². The summed E-state index contributed by atoms with van der Waals surface area (Å²) in [5.41, 5.74) is 0.990. The standard InChI is InChI=1S/C15H19ClN2O/c1-15(2,3)18-9-8-14-17-10-13(19-14)11-6-4-5-7-12(11)16/h4-7,10,18H,8-9H2,1-3H3. The van der Waals surface area contributed by atoms with Crippen molar-refractivity contribution in [3.63, 3.8) is 0 Å². The van der Waals surface area contributed by atoms with Crippen LogP contribution in [0.1, 0.15) is 26.7 Å². The van der Waals surface area contributed by atoms with Gasteiger partial charge in [-0.1, -0.05) is 23.7 Å². The van der Waals surface area contributed by atoms with E-state index < -0.39 is 0 Å². The quantitative estimate of drug-likeness (QED) is 0.921. The third-order valence-corrected chi connectivity index (χ3v) is 3.02. The molecule has 0 spiro atoms. The van der Waals surface area contributed by atoms with Crippen LogP contribution in [0.2, 0.25) is 5.02 Å². The molecular formula is C15H19ClN2O. The van der Waals surface area contributed by atoms with Gasteiger partial charge in [-0.15, -0.1) is 0 Å². The maximum Gasteiger partial charge on any atom is 0.196 e. The Morgan fingerprint density at radius 1 is 1.26 bits per heavy atom. The van der Waals surface area contributed by atoms with Crippen molar-refractivity contribution in [1.82, 2.24) is 10.3 Å². The van der Waals surface area contributed by atoms with Crippen molar-refractivity contribution in [2.24, 2.45) is 0 Å². The van der Waals surface area contributed by atoms with E-state index in [0.29, 0.717) is 5.02 Å². The van der Waals surface area contributed by atoms with Crippen LogP contribution in [0.25, 0.3) is 11.3 Å². The minimum atomic E-state index is 0.109. The van der Waals surface area contributed by atoms with E-state index in [-0.39, 0.29) is 5.54 Å². The molecule has 2 rings (SSSR count). The summed E-state index contributed by atoms with van der Waals surface area (Å²) in [7, 11) is 0. The monoisotopic (exact) mass is 278 g/mol. The van der Waals surface area contributed by atoms with Crippen LogP contribution in [0.4, 0.5) is 0 Å². The number of hydrogen-bond acceptors (Lipinski definition) is 3. The van der Waals surface area contributed by atoms with Crippen LogP contribution >= 0.6 is 11.6 Å². The van der Waals surface area contributed by atoms with E-state index in [9.17, 15) is 0 Å². The van der Waals surface area contributed by atoms with Gasteiger partial charge in [-0.25, -0.2) is 4.98 Å². The zero-order valence-corrected chi connectivity index (χ0v) is 12.3. The van der Waals surface area contributed by atoms with Gasteiger partial charge in [0.25, 0.3) is 0 Å². The van der Waals surface area contributed by atoms with Crippen molar-refractivity contribution >= 4 is 11.6 Å². The topological polar surface area (TPSA) is 38.1 Å². The Morgan fingerprint density at radius 3 is 2.68 bits per heavy atom. The molecule has 19 heavy (non-hydrogen) atoms. The fourth-order valence-corrected chi connectivity index (χ4v) is 1.98. The number of rotatable bonds is 4. The molecule has 102 valence electrons. The molecule has 3 nitrogen and oxygen atoms in total. The van der Waals surface area contributed by atoms with Gasteiger partial charge in [0.1, 0.15) is 0 Å². The molecule has 1 aromatic carbocycles. The summed E-state index contributed by atoms with van der Waals surface area (Å²) in [6.45, 7) is 7.25. The molecule has 2 aromatic rings. The Bertz CT molecular complexity index is 543. The summed E-state index contributed by atoms with van der Waals surface area (Å²) in [6.07, 6.45) is 2.50. The lowest BCUT2D eigenvalue weighted by molar-refractivity contribution is 0.412. The molecule has 1 N–H and O–H groups in total. The number of benzene rings is 1. The van der Waals surface area contributed by atoms with Crippen LogP contribution < -0.4 is 5.32 Å². The van der Waals surface area contributed by atoms with Crippen molar-refractivity contribution in [2.45, 2.75) is 32.7 Å². The van der Waals surface area contributed by atoms with Gasteiger partial charge in [0.05, 0.1) is 11.2 Å². The minimum Gasteiger partial charge on any atom is -0.441 e. The Kier molecular flexibility index (Phi) is 4.27. The summed E-state index contributed by atoms with van der Waals surface area (Å²) in [6, 6.07) is 7.61. The summed E-state index contributed by atoms with van der Waals surface area (Å²) in [5.74, 6) is 1.45. The molecule has 0 saturated heterocycles. The van der Waals surface area contributed by atoms with Gasteiger partial charge >= 0.3 is 0 Å². The summed E-state index contributed by atoms with van der Waals surface area (Å²) in [4.78, 5) is 4.29. The molecule has 1 aromatic heterocycles. The second kappa shape index (κ2) is 5.76. The molecule has 0 saturated carbocycles. The molecule has 4 heteroatoms. The lowest BCUT2D eigenvalue weighted by atomic mass is 10.1. The molecule has 0 aliphatic rings. The maximum absolute atomic E-state index is 6.13. The number of halogens is 1. The van der Waals surface area contributed by atoms with Gasteiger partial charge in [-0.2, -0.15) is 0 Å². The highest BCUT2D eigenvalue weighted by atomic mass is 35.5. The zero-order valence-electron chi connectivity index (χ0n) is 11.5. The van der Waals surface area contributed by atoms with Gasteiger partial charge in [0, 0.05) is 24.1 Å². The Morgan fingerprint density at radius 2 is 2.00 bits per heavy atom. The fraction of sp³-hybridized carbons (Fsp3) is 0.400. The van der Waals surface area contributed by atoms with Crippen LogP contribution in [-0.2, 0) is 6.42 Å². The van der Waals surface area contributed by atoms with Crippen molar-refractivity contribution in [2.75, 3.05) is 6.54 Å². The smallest absolute Gasteiger partial charge is 0.196 e. The molecular weight excluding hydrogens is 260 g/mol. The normalized spacial score (nSPS) is 11.8. The third kappa shape index (κ3) is 4.08. The van der Waals surface area contributed by atoms with E-state index in [4.69, 9.17) is 16.0 Å². The average Bonchev–Trinajstić information content (AvgIpc) is 2.76. The second-order valence-electron chi connectivity index (χ2n) is 5.52. The Hall–Kier alpha value is -1.32. The maximum atomic E-state index is 6.13. The fourth-order valence-electron chi connectivity index (χ4n) is 1.76. The predicted octanol–water partition coefficient (Wildman–Crippen LogP) is 3.93. The van der Waals surface area contributed by atoms with E-state index in [1.165, 1.54) is 0 Å². The third-order valence-electron chi connectivity index (χ3n) is 2.69. The average molecular weight is 279 g/mol. The number of aromatic nitrogens is 1. The van der Waals surface area contributed by atoms with Crippen LogP contribution in [0.3, 0.4) is 0 Å². The molecule has 1 heterocycles. The first kappa shape index (κ1) is 14.1. The van der Waals surface area contributed by atoms with Gasteiger partial charge in [0.15, 0.2) is 11.7 Å². The molecule has 0 radical (unpaired) electrons. The van der Waals surface area contributed by atoms with Gasteiger partial charge < -0.3 is 9.73 Å². The first-order valence-corrected chi connectivity index (χ1v) is 6.78. The highest BCUT2D eigenvalue weighted by molar-refractivity contribution is 6.33. The van der Waals surface area contributed by atoms with Crippen LogP contribution in [0.5, 0.6) is 0 Å². The van der Waals surface area contributed by atoms with Crippen LogP contribution in [-0.4, -0.2) is 17.1 Å². The van der Waals surface area contributed by atoms with Crippen molar-refractivity contribution in [3.8, 4) is 11.3 Å². The minimum absolute atomic E-state index is 0.109. The molecule has 0 fully saturated rings. The van der Waals surface area contributed by atoms with Crippen LogP contribution in [0, 0.1) is 0 Å². The van der Waals surface area contributed by atoms with Crippen molar-refractivity contribution < 1.29 is 4.42 Å². The highest BCUT2D eigenvalue weighted by Gasteiger charge is 2.11. The van der Waals surface area contributed by atoms with E-state index >= 15 is 0 Å². The van der Waals surface area contributed by atoms with Crippen molar-refractivity contribution in [1.29, 1.82) is 0 Å². The zero-order chi connectivity index (χ0) is 13.9. The largest absolute Gasteiger partial charge is 0.441 e. The Balaban J connectivity index is 2.02. The lowest BCUT2D eigenvalue weighted by Crippen LogP contribution is -2.37. The van der Waals surface area contributed by atoms with Gasteiger partial charge in [0.2, 0.25) is 0 Å². The number of oxazole rings is 1. The first-order valence-electron chi connectivity index (χ1n) is 6.40. The summed E-state index contributed by atoms with van der Waals surface area (Å²) < 4.78 is 5.73.